The number of carbonyl (C=O) groups excluding carboxylic acids is 1. The first kappa shape index (κ1) is 20.8. The van der Waals surface area contributed by atoms with Gasteiger partial charge in [-0.2, -0.15) is 5.10 Å². The zero-order valence-corrected chi connectivity index (χ0v) is 18.3. The van der Waals surface area contributed by atoms with E-state index in [2.05, 4.69) is 32.8 Å². The van der Waals surface area contributed by atoms with Crippen LogP contribution in [0.5, 0.6) is 5.75 Å². The fourth-order valence-electron chi connectivity index (χ4n) is 3.47. The minimum atomic E-state index is -0.149. The fraction of sp³-hybridized carbons (Fsp3) is 0.435. The van der Waals surface area contributed by atoms with Gasteiger partial charge in [-0.15, -0.1) is 0 Å². The molecule has 0 aliphatic heterocycles. The molecule has 2 aromatic heterocycles. The quantitative estimate of drug-likeness (QED) is 0.592. The van der Waals surface area contributed by atoms with Crippen molar-refractivity contribution in [3.05, 3.63) is 53.3 Å². The number of hydrogen-bond acceptors (Lipinski definition) is 4. The zero-order chi connectivity index (χ0) is 21.3. The molecular weight excluding hydrogens is 364 g/mol. The number of ether oxygens (including phenoxy) is 1. The number of hydrogen-bond donors (Lipinski definition) is 0. The fourth-order valence-corrected chi connectivity index (χ4v) is 3.47. The lowest BCUT2D eigenvalue weighted by Crippen LogP contribution is -2.30. The highest BCUT2D eigenvalue weighted by atomic mass is 16.5. The summed E-state index contributed by atoms with van der Waals surface area (Å²) in [6.07, 6.45) is 1.75. The smallest absolute Gasteiger partial charge is 0.254 e. The van der Waals surface area contributed by atoms with Crippen molar-refractivity contribution in [1.29, 1.82) is 0 Å². The topological polar surface area (TPSA) is 60.2 Å². The number of aromatic nitrogens is 3. The molecule has 1 atom stereocenters. The van der Waals surface area contributed by atoms with E-state index in [4.69, 9.17) is 9.72 Å². The second kappa shape index (κ2) is 8.23. The average Bonchev–Trinajstić information content (AvgIpc) is 3.15. The Balaban J connectivity index is 2.08. The number of rotatable bonds is 6. The highest BCUT2D eigenvalue weighted by Gasteiger charge is 2.25. The number of carbonyl (C=O) groups is 1. The highest BCUT2D eigenvalue weighted by molar-refractivity contribution is 6.05. The van der Waals surface area contributed by atoms with E-state index in [1.807, 2.05) is 49.0 Å². The van der Waals surface area contributed by atoms with Crippen LogP contribution in [0, 0.1) is 0 Å². The van der Waals surface area contributed by atoms with Crippen LogP contribution in [0.3, 0.4) is 0 Å². The molecule has 0 radical (unpaired) electrons. The van der Waals surface area contributed by atoms with Crippen molar-refractivity contribution >= 4 is 16.9 Å². The van der Waals surface area contributed by atoms with E-state index in [-0.39, 0.29) is 23.9 Å². The average molecular weight is 395 g/mol. The number of benzene rings is 1. The van der Waals surface area contributed by atoms with Gasteiger partial charge in [0.2, 0.25) is 0 Å². The van der Waals surface area contributed by atoms with E-state index in [9.17, 15) is 4.79 Å². The van der Waals surface area contributed by atoms with Gasteiger partial charge in [0.25, 0.3) is 5.91 Å². The Morgan fingerprint density at radius 3 is 2.45 bits per heavy atom. The molecule has 0 aliphatic rings. The van der Waals surface area contributed by atoms with Crippen molar-refractivity contribution < 1.29 is 9.53 Å². The molecule has 2 heterocycles. The second-order valence-corrected chi connectivity index (χ2v) is 8.00. The van der Waals surface area contributed by atoms with Gasteiger partial charge < -0.3 is 9.64 Å². The summed E-state index contributed by atoms with van der Waals surface area (Å²) >= 11 is 0. The van der Waals surface area contributed by atoms with E-state index in [1.165, 1.54) is 0 Å². The van der Waals surface area contributed by atoms with Crippen LogP contribution in [0.15, 0.2) is 36.5 Å². The Bertz CT molecular complexity index is 1020. The minimum absolute atomic E-state index is 0.0546. The first-order valence-corrected chi connectivity index (χ1v) is 10.0. The van der Waals surface area contributed by atoms with Gasteiger partial charge in [-0.25, -0.2) is 9.67 Å². The summed E-state index contributed by atoms with van der Waals surface area (Å²) in [6.45, 7) is 10.3. The standard InChI is InChI=1S/C23H30N4O2/c1-14(2)20-12-18(19-13-24-27(15(3)4)22(19)25-20)23(28)26(6)16(5)17-10-8-9-11-21(17)29-7/h8-16H,1-7H3. The molecule has 0 aliphatic carbocycles. The van der Waals surface area contributed by atoms with Gasteiger partial charge in [-0.05, 0) is 38.8 Å². The monoisotopic (exact) mass is 394 g/mol. The molecule has 0 N–H and O–H groups in total. The Labute approximate surface area is 172 Å². The number of amides is 1. The molecular formula is C23H30N4O2. The molecule has 3 aromatic rings. The van der Waals surface area contributed by atoms with E-state index in [0.29, 0.717) is 5.56 Å². The second-order valence-electron chi connectivity index (χ2n) is 8.00. The van der Waals surface area contributed by atoms with Crippen LogP contribution in [0.4, 0.5) is 0 Å². The minimum Gasteiger partial charge on any atom is -0.496 e. The summed E-state index contributed by atoms with van der Waals surface area (Å²) in [5.41, 5.74) is 3.25. The van der Waals surface area contributed by atoms with Crippen molar-refractivity contribution in [2.75, 3.05) is 14.2 Å². The van der Waals surface area contributed by atoms with Crippen LogP contribution in [-0.2, 0) is 0 Å². The van der Waals surface area contributed by atoms with Gasteiger partial charge in [0.05, 0.1) is 30.3 Å². The van der Waals surface area contributed by atoms with Crippen molar-refractivity contribution in [1.82, 2.24) is 19.7 Å². The summed E-state index contributed by atoms with van der Waals surface area (Å²) in [5, 5.41) is 5.28. The number of fused-ring (bicyclic) bond motifs is 1. The third-order valence-corrected chi connectivity index (χ3v) is 5.39. The van der Waals surface area contributed by atoms with Crippen molar-refractivity contribution in [2.24, 2.45) is 0 Å². The SMILES string of the molecule is COc1ccccc1C(C)N(C)C(=O)c1cc(C(C)C)nc2c1cnn2C(C)C. The lowest BCUT2D eigenvalue weighted by molar-refractivity contribution is 0.0743. The Kier molecular flexibility index (Phi) is 5.91. The molecule has 0 spiro atoms. The molecule has 1 unspecified atom stereocenters. The molecule has 0 saturated carbocycles. The third kappa shape index (κ3) is 3.84. The molecule has 0 saturated heterocycles. The van der Waals surface area contributed by atoms with Gasteiger partial charge >= 0.3 is 0 Å². The maximum absolute atomic E-state index is 13.5. The largest absolute Gasteiger partial charge is 0.496 e. The van der Waals surface area contributed by atoms with Crippen molar-refractivity contribution in [3.63, 3.8) is 0 Å². The molecule has 1 aromatic carbocycles. The van der Waals surface area contributed by atoms with Gasteiger partial charge in [0, 0.05) is 24.3 Å². The lowest BCUT2D eigenvalue weighted by atomic mass is 10.0. The molecule has 29 heavy (non-hydrogen) atoms. The van der Waals surface area contributed by atoms with E-state index >= 15 is 0 Å². The van der Waals surface area contributed by atoms with E-state index in [0.717, 1.165) is 28.0 Å². The van der Waals surface area contributed by atoms with Gasteiger partial charge in [0.1, 0.15) is 5.75 Å². The zero-order valence-electron chi connectivity index (χ0n) is 18.3. The normalized spacial score (nSPS) is 12.6. The summed E-state index contributed by atoms with van der Waals surface area (Å²) in [4.78, 5) is 20.1. The molecule has 6 nitrogen and oxygen atoms in total. The summed E-state index contributed by atoms with van der Waals surface area (Å²) in [5.74, 6) is 0.925. The number of methoxy groups -OCH3 is 1. The van der Waals surface area contributed by atoms with Gasteiger partial charge in [-0.3, -0.25) is 4.79 Å². The van der Waals surface area contributed by atoms with Crippen LogP contribution < -0.4 is 4.74 Å². The molecule has 1 amide bonds. The molecule has 3 rings (SSSR count). The maximum atomic E-state index is 13.5. The number of nitrogens with zero attached hydrogens (tertiary/aromatic N) is 4. The maximum Gasteiger partial charge on any atom is 0.254 e. The Morgan fingerprint density at radius 1 is 1.14 bits per heavy atom. The van der Waals surface area contributed by atoms with E-state index in [1.54, 1.807) is 18.2 Å². The lowest BCUT2D eigenvalue weighted by Gasteiger charge is -2.27. The predicted molar refractivity (Wildman–Crippen MR) is 116 cm³/mol. The summed E-state index contributed by atoms with van der Waals surface area (Å²) in [7, 11) is 3.47. The number of pyridine rings is 1. The third-order valence-electron chi connectivity index (χ3n) is 5.39. The Morgan fingerprint density at radius 2 is 1.83 bits per heavy atom. The summed E-state index contributed by atoms with van der Waals surface area (Å²) < 4.78 is 7.37. The van der Waals surface area contributed by atoms with Crippen molar-refractivity contribution in [2.45, 2.75) is 52.6 Å². The van der Waals surface area contributed by atoms with Crippen molar-refractivity contribution in [3.8, 4) is 5.75 Å². The van der Waals surface area contributed by atoms with Gasteiger partial charge in [-0.1, -0.05) is 32.0 Å². The number of para-hydroxylation sites is 1. The predicted octanol–water partition coefficient (Wildman–Crippen LogP) is 4.98. The molecule has 0 fully saturated rings. The van der Waals surface area contributed by atoms with Crippen LogP contribution >= 0.6 is 0 Å². The van der Waals surface area contributed by atoms with Crippen LogP contribution in [0.2, 0.25) is 0 Å². The van der Waals surface area contributed by atoms with Crippen LogP contribution in [0.1, 0.15) is 74.2 Å². The van der Waals surface area contributed by atoms with E-state index < -0.39 is 0 Å². The summed E-state index contributed by atoms with van der Waals surface area (Å²) in [6, 6.07) is 9.72. The molecule has 154 valence electrons. The first-order chi connectivity index (χ1) is 13.8. The Hall–Kier alpha value is -2.89. The molecule has 0 bridgehead atoms. The van der Waals surface area contributed by atoms with Gasteiger partial charge in [0.15, 0.2) is 5.65 Å². The van der Waals surface area contributed by atoms with Crippen LogP contribution in [0.25, 0.3) is 11.0 Å². The molecule has 6 heteroatoms. The highest BCUT2D eigenvalue weighted by Crippen LogP contribution is 2.31. The van der Waals surface area contributed by atoms with Crippen LogP contribution in [-0.4, -0.2) is 39.7 Å². The first-order valence-electron chi connectivity index (χ1n) is 10.0.